The molecule has 9 heteroatoms. The Morgan fingerprint density at radius 2 is 1.94 bits per heavy atom. The van der Waals surface area contributed by atoms with E-state index in [4.69, 9.17) is 4.74 Å². The van der Waals surface area contributed by atoms with E-state index in [1.165, 1.54) is 19.1 Å². The summed E-state index contributed by atoms with van der Waals surface area (Å²) in [4.78, 5) is 18.4. The quantitative estimate of drug-likeness (QED) is 0.422. The standard InChI is InChI=1S/C25H23N3O4S2/c1-15-12-18(25-26-21-6-4-5-7-24(21)33-25)8-10-20(15)27-34(30,31)19-9-11-23-22(13-19)28(17(3)29)14-16(2)32-23/h4-13,16,27H,14H2,1-3H3/t16-/m1/s1. The predicted octanol–water partition coefficient (Wildman–Crippen LogP) is 5.21. The number of fused-ring (bicyclic) bond motifs is 2. The molecule has 0 aliphatic carbocycles. The Morgan fingerprint density at radius 3 is 2.68 bits per heavy atom. The Kier molecular flexibility index (Phi) is 5.53. The van der Waals surface area contributed by atoms with Crippen LogP contribution in [0.5, 0.6) is 5.75 Å². The molecule has 0 bridgehead atoms. The minimum absolute atomic E-state index is 0.0605. The summed E-state index contributed by atoms with van der Waals surface area (Å²) < 4.78 is 35.9. The number of nitrogens with one attached hydrogen (secondary N) is 1. The van der Waals surface area contributed by atoms with Crippen molar-refractivity contribution in [2.75, 3.05) is 16.2 Å². The third-order valence-electron chi connectivity index (χ3n) is 5.69. The molecule has 1 N–H and O–H groups in total. The van der Waals surface area contributed by atoms with E-state index in [2.05, 4.69) is 9.71 Å². The summed E-state index contributed by atoms with van der Waals surface area (Å²) in [6, 6.07) is 18.0. The molecule has 3 aromatic carbocycles. The maximum atomic E-state index is 13.2. The number of aryl methyl sites for hydroxylation is 1. The van der Waals surface area contributed by atoms with Gasteiger partial charge in [-0.25, -0.2) is 13.4 Å². The van der Waals surface area contributed by atoms with Crippen LogP contribution in [0.25, 0.3) is 20.8 Å². The number of ether oxygens (including phenoxy) is 1. The number of carbonyl (C=O) groups is 1. The first-order valence-corrected chi connectivity index (χ1v) is 13.1. The molecule has 0 saturated carbocycles. The van der Waals surface area contributed by atoms with Gasteiger partial charge in [0, 0.05) is 12.5 Å². The first-order chi connectivity index (χ1) is 16.2. The number of thiazole rings is 1. The Hall–Kier alpha value is -3.43. The average Bonchev–Trinajstić information content (AvgIpc) is 3.23. The van der Waals surface area contributed by atoms with Crippen molar-refractivity contribution in [3.05, 3.63) is 66.2 Å². The van der Waals surface area contributed by atoms with Crippen molar-refractivity contribution >= 4 is 48.9 Å². The van der Waals surface area contributed by atoms with E-state index in [0.717, 1.165) is 26.4 Å². The van der Waals surface area contributed by atoms with Gasteiger partial charge in [0.1, 0.15) is 16.9 Å². The Labute approximate surface area is 202 Å². The van der Waals surface area contributed by atoms with E-state index in [9.17, 15) is 13.2 Å². The largest absolute Gasteiger partial charge is 0.487 e. The molecule has 2 heterocycles. The smallest absolute Gasteiger partial charge is 0.261 e. The van der Waals surface area contributed by atoms with Gasteiger partial charge in [-0.2, -0.15) is 0 Å². The van der Waals surface area contributed by atoms with E-state index < -0.39 is 10.0 Å². The summed E-state index contributed by atoms with van der Waals surface area (Å²) in [6.07, 6.45) is -0.173. The number of hydrogen-bond acceptors (Lipinski definition) is 6. The highest BCUT2D eigenvalue weighted by atomic mass is 32.2. The molecule has 0 fully saturated rings. The summed E-state index contributed by atoms with van der Waals surface area (Å²) in [5.41, 5.74) is 3.59. The van der Waals surface area contributed by atoms with Crippen molar-refractivity contribution in [3.63, 3.8) is 0 Å². The molecule has 7 nitrogen and oxygen atoms in total. The van der Waals surface area contributed by atoms with Crippen molar-refractivity contribution in [2.24, 2.45) is 0 Å². The van der Waals surface area contributed by atoms with Crippen LogP contribution in [0.4, 0.5) is 11.4 Å². The molecule has 174 valence electrons. The highest BCUT2D eigenvalue weighted by Gasteiger charge is 2.28. The second kappa shape index (κ2) is 8.41. The van der Waals surface area contributed by atoms with Crippen LogP contribution in [0.2, 0.25) is 0 Å². The van der Waals surface area contributed by atoms with Gasteiger partial charge < -0.3 is 9.64 Å². The molecule has 1 amide bonds. The zero-order valence-electron chi connectivity index (χ0n) is 18.9. The normalized spacial score (nSPS) is 15.6. The van der Waals surface area contributed by atoms with Crippen LogP contribution in [-0.4, -0.2) is 32.0 Å². The van der Waals surface area contributed by atoms with Gasteiger partial charge in [0.2, 0.25) is 5.91 Å². The lowest BCUT2D eigenvalue weighted by Crippen LogP contribution is -2.41. The first-order valence-electron chi connectivity index (χ1n) is 10.8. The third kappa shape index (κ3) is 4.12. The number of benzene rings is 3. The fourth-order valence-electron chi connectivity index (χ4n) is 3.99. The minimum Gasteiger partial charge on any atom is -0.487 e. The molecule has 1 aliphatic heterocycles. The van der Waals surface area contributed by atoms with Crippen molar-refractivity contribution in [3.8, 4) is 16.3 Å². The topological polar surface area (TPSA) is 88.6 Å². The van der Waals surface area contributed by atoms with E-state index in [-0.39, 0.29) is 16.9 Å². The van der Waals surface area contributed by atoms with Crippen molar-refractivity contribution in [1.82, 2.24) is 4.98 Å². The Balaban J connectivity index is 1.44. The van der Waals surface area contributed by atoms with Crippen LogP contribution >= 0.6 is 11.3 Å². The maximum absolute atomic E-state index is 13.2. The average molecular weight is 494 g/mol. The molecule has 0 radical (unpaired) electrons. The summed E-state index contributed by atoms with van der Waals surface area (Å²) >= 11 is 1.60. The molecule has 4 aromatic rings. The van der Waals surface area contributed by atoms with Gasteiger partial charge in [0.05, 0.1) is 33.0 Å². The SMILES string of the molecule is CC(=O)N1C[C@@H](C)Oc2ccc(S(=O)(=O)Nc3ccc(-c4nc5ccccc5s4)cc3C)cc21. The summed E-state index contributed by atoms with van der Waals surface area (Å²) in [5, 5.41) is 0.881. The molecule has 1 aromatic heterocycles. The number of nitrogens with zero attached hydrogens (tertiary/aromatic N) is 2. The number of carbonyl (C=O) groups excluding carboxylic acids is 1. The number of rotatable bonds is 4. The number of amides is 1. The van der Waals surface area contributed by atoms with Gasteiger partial charge in [-0.3, -0.25) is 9.52 Å². The summed E-state index contributed by atoms with van der Waals surface area (Å²) in [5.74, 6) is 0.324. The predicted molar refractivity (Wildman–Crippen MR) is 135 cm³/mol. The second-order valence-corrected chi connectivity index (χ2v) is 11.0. The van der Waals surface area contributed by atoms with Gasteiger partial charge in [0.25, 0.3) is 10.0 Å². The molecule has 0 unspecified atom stereocenters. The maximum Gasteiger partial charge on any atom is 0.261 e. The van der Waals surface area contributed by atoms with E-state index in [1.807, 2.05) is 50.2 Å². The van der Waals surface area contributed by atoms with Gasteiger partial charge >= 0.3 is 0 Å². The van der Waals surface area contributed by atoms with Crippen LogP contribution in [0, 0.1) is 6.92 Å². The van der Waals surface area contributed by atoms with Gasteiger partial charge in [-0.1, -0.05) is 12.1 Å². The van der Waals surface area contributed by atoms with Crippen molar-refractivity contribution in [1.29, 1.82) is 0 Å². The van der Waals surface area contributed by atoms with Crippen molar-refractivity contribution in [2.45, 2.75) is 31.8 Å². The fourth-order valence-corrected chi connectivity index (χ4v) is 6.11. The van der Waals surface area contributed by atoms with Gasteiger partial charge in [-0.15, -0.1) is 11.3 Å². The lowest BCUT2D eigenvalue weighted by atomic mass is 10.1. The molecule has 5 rings (SSSR count). The molecule has 1 aliphatic rings. The van der Waals surface area contributed by atoms with Crippen LogP contribution in [0.1, 0.15) is 19.4 Å². The number of hydrogen-bond donors (Lipinski definition) is 1. The summed E-state index contributed by atoms with van der Waals surface area (Å²) in [6.45, 7) is 5.54. The monoisotopic (exact) mass is 493 g/mol. The molecule has 0 saturated heterocycles. The van der Waals surface area contributed by atoms with Crippen LogP contribution in [0.15, 0.2) is 65.6 Å². The number of sulfonamides is 1. The number of para-hydroxylation sites is 1. The van der Waals surface area contributed by atoms with Gasteiger partial charge in [-0.05, 0) is 67.9 Å². The lowest BCUT2D eigenvalue weighted by molar-refractivity contribution is -0.117. The Morgan fingerprint density at radius 1 is 1.15 bits per heavy atom. The number of anilines is 2. The highest BCUT2D eigenvalue weighted by molar-refractivity contribution is 7.92. The highest BCUT2D eigenvalue weighted by Crippen LogP contribution is 2.37. The molecule has 0 spiro atoms. The molecule has 1 atom stereocenters. The molecular weight excluding hydrogens is 470 g/mol. The van der Waals surface area contributed by atoms with Gasteiger partial charge in [0.15, 0.2) is 0 Å². The van der Waals surface area contributed by atoms with E-state index >= 15 is 0 Å². The zero-order valence-corrected chi connectivity index (χ0v) is 20.5. The van der Waals surface area contributed by atoms with Crippen LogP contribution in [0.3, 0.4) is 0 Å². The fraction of sp³-hybridized carbons (Fsp3) is 0.200. The van der Waals surface area contributed by atoms with Crippen LogP contribution in [-0.2, 0) is 14.8 Å². The first kappa shape index (κ1) is 22.4. The second-order valence-electron chi connectivity index (χ2n) is 8.31. The van der Waals surface area contributed by atoms with Crippen molar-refractivity contribution < 1.29 is 17.9 Å². The minimum atomic E-state index is -3.89. The molecule has 34 heavy (non-hydrogen) atoms. The Bertz CT molecular complexity index is 1500. The van der Waals surface area contributed by atoms with E-state index in [0.29, 0.717) is 23.7 Å². The van der Waals surface area contributed by atoms with Crippen LogP contribution < -0.4 is 14.4 Å². The zero-order chi connectivity index (χ0) is 24.0. The third-order valence-corrected chi connectivity index (χ3v) is 8.14. The lowest BCUT2D eigenvalue weighted by Gasteiger charge is -2.33. The number of aromatic nitrogens is 1. The van der Waals surface area contributed by atoms with E-state index in [1.54, 1.807) is 28.4 Å². The molecular formula is C25H23N3O4S2. The summed E-state index contributed by atoms with van der Waals surface area (Å²) in [7, 11) is -3.89.